The van der Waals surface area contributed by atoms with Gasteiger partial charge in [-0.15, -0.1) is 0 Å². The third kappa shape index (κ3) is 6.26. The van der Waals surface area contributed by atoms with Gasteiger partial charge in [-0.05, 0) is 68.8 Å². The van der Waals surface area contributed by atoms with Crippen LogP contribution >= 0.6 is 0 Å². The highest BCUT2D eigenvalue weighted by Gasteiger charge is 2.18. The lowest BCUT2D eigenvalue weighted by atomic mass is 9.98. The molecule has 0 N–H and O–H groups in total. The number of fused-ring (bicyclic) bond motifs is 3. The Morgan fingerprint density at radius 1 is 0.273 bits per heavy atom. The molecule has 8 aromatic carbocycles. The van der Waals surface area contributed by atoms with Crippen molar-refractivity contribution in [3.05, 3.63) is 200 Å². The van der Waals surface area contributed by atoms with E-state index in [0.717, 1.165) is 60.9 Å². The predicted molar refractivity (Wildman–Crippen MR) is 225 cm³/mol. The molecule has 4 heteroatoms. The van der Waals surface area contributed by atoms with Crippen LogP contribution in [0.1, 0.15) is 0 Å². The third-order valence-corrected chi connectivity index (χ3v) is 10.2. The Morgan fingerprint density at radius 2 is 0.673 bits per heavy atom. The maximum Gasteiger partial charge on any atom is 0.167 e. The van der Waals surface area contributed by atoms with Gasteiger partial charge >= 0.3 is 0 Å². The van der Waals surface area contributed by atoms with Gasteiger partial charge in [-0.25, -0.2) is 15.0 Å². The Labute approximate surface area is 319 Å². The molecule has 0 saturated heterocycles. The van der Waals surface area contributed by atoms with Crippen molar-refractivity contribution in [3.63, 3.8) is 0 Å². The zero-order chi connectivity index (χ0) is 36.6. The first-order chi connectivity index (χ1) is 27.2. The first kappa shape index (κ1) is 32.2. The van der Waals surface area contributed by atoms with Crippen LogP contribution in [0.5, 0.6) is 0 Å². The quantitative estimate of drug-likeness (QED) is 0.166. The molecule has 0 amide bonds. The number of para-hydroxylation sites is 2. The largest absolute Gasteiger partial charge is 0.455 e. The van der Waals surface area contributed by atoms with Crippen LogP contribution < -0.4 is 0 Å². The highest BCUT2D eigenvalue weighted by Crippen LogP contribution is 2.37. The van der Waals surface area contributed by atoms with Crippen molar-refractivity contribution >= 4 is 21.9 Å². The van der Waals surface area contributed by atoms with Crippen molar-refractivity contribution in [3.8, 4) is 78.7 Å². The summed E-state index contributed by atoms with van der Waals surface area (Å²) >= 11 is 0. The van der Waals surface area contributed by atoms with Gasteiger partial charge in [0.25, 0.3) is 0 Å². The summed E-state index contributed by atoms with van der Waals surface area (Å²) in [5.41, 5.74) is 13.4. The second-order valence-electron chi connectivity index (χ2n) is 13.6. The molecule has 258 valence electrons. The summed E-state index contributed by atoms with van der Waals surface area (Å²) in [6, 6.07) is 69.4. The minimum Gasteiger partial charge on any atom is -0.455 e. The second kappa shape index (κ2) is 13.8. The van der Waals surface area contributed by atoms with Crippen molar-refractivity contribution in [2.75, 3.05) is 0 Å². The Kier molecular flexibility index (Phi) is 8.12. The van der Waals surface area contributed by atoms with E-state index in [0.29, 0.717) is 17.5 Å². The molecule has 0 spiro atoms. The van der Waals surface area contributed by atoms with Gasteiger partial charge in [0.2, 0.25) is 0 Å². The van der Waals surface area contributed by atoms with Gasteiger partial charge in [0.15, 0.2) is 17.5 Å². The molecule has 0 fully saturated rings. The van der Waals surface area contributed by atoms with E-state index in [4.69, 9.17) is 19.4 Å². The van der Waals surface area contributed by atoms with E-state index in [9.17, 15) is 0 Å². The maximum atomic E-state index is 6.45. The van der Waals surface area contributed by atoms with Crippen LogP contribution in [0.3, 0.4) is 0 Å². The number of furan rings is 1. The molecule has 55 heavy (non-hydrogen) atoms. The van der Waals surface area contributed by atoms with Crippen LogP contribution in [0.25, 0.3) is 101 Å². The van der Waals surface area contributed by atoms with Crippen LogP contribution in [0.2, 0.25) is 0 Å². The molecule has 0 radical (unpaired) electrons. The van der Waals surface area contributed by atoms with Crippen LogP contribution in [-0.2, 0) is 0 Å². The topological polar surface area (TPSA) is 51.8 Å². The molecular formula is C51H33N3O. The molecule has 0 aliphatic rings. The zero-order valence-corrected chi connectivity index (χ0v) is 29.8. The summed E-state index contributed by atoms with van der Waals surface area (Å²) < 4.78 is 6.45. The molecule has 2 heterocycles. The van der Waals surface area contributed by atoms with Gasteiger partial charge in [-0.1, -0.05) is 176 Å². The Bertz CT molecular complexity index is 2950. The Balaban J connectivity index is 1.07. The zero-order valence-electron chi connectivity index (χ0n) is 29.8. The van der Waals surface area contributed by atoms with Crippen LogP contribution in [0.15, 0.2) is 205 Å². The molecule has 10 aromatic rings. The average molecular weight is 704 g/mol. The van der Waals surface area contributed by atoms with E-state index < -0.39 is 0 Å². The third-order valence-electron chi connectivity index (χ3n) is 10.2. The van der Waals surface area contributed by atoms with E-state index in [2.05, 4.69) is 158 Å². The first-order valence-corrected chi connectivity index (χ1v) is 18.4. The highest BCUT2D eigenvalue weighted by molar-refractivity contribution is 6.09. The summed E-state index contributed by atoms with van der Waals surface area (Å²) in [6.07, 6.45) is 0. The van der Waals surface area contributed by atoms with Crippen molar-refractivity contribution in [2.24, 2.45) is 0 Å². The first-order valence-electron chi connectivity index (χ1n) is 18.4. The molecule has 0 aliphatic carbocycles. The number of hydrogen-bond donors (Lipinski definition) is 0. The second-order valence-corrected chi connectivity index (χ2v) is 13.6. The normalized spacial score (nSPS) is 11.3. The molecule has 0 saturated carbocycles. The van der Waals surface area contributed by atoms with E-state index in [-0.39, 0.29) is 0 Å². The van der Waals surface area contributed by atoms with Crippen molar-refractivity contribution < 1.29 is 4.42 Å². The van der Waals surface area contributed by atoms with Crippen LogP contribution in [0.4, 0.5) is 0 Å². The molecule has 0 atom stereocenters. The summed E-state index contributed by atoms with van der Waals surface area (Å²) in [4.78, 5) is 15.4. The minimum atomic E-state index is 0.557. The molecule has 2 aromatic heterocycles. The van der Waals surface area contributed by atoms with Gasteiger partial charge < -0.3 is 4.42 Å². The molecule has 10 rings (SSSR count). The lowest BCUT2D eigenvalue weighted by Crippen LogP contribution is -2.00. The lowest BCUT2D eigenvalue weighted by Gasteiger charge is -2.11. The number of rotatable bonds is 7. The summed E-state index contributed by atoms with van der Waals surface area (Å²) in [5, 5.41) is 2.09. The van der Waals surface area contributed by atoms with Gasteiger partial charge in [-0.2, -0.15) is 0 Å². The van der Waals surface area contributed by atoms with E-state index in [1.54, 1.807) is 0 Å². The molecule has 4 nitrogen and oxygen atoms in total. The summed E-state index contributed by atoms with van der Waals surface area (Å²) in [7, 11) is 0. The van der Waals surface area contributed by atoms with Crippen molar-refractivity contribution in [1.82, 2.24) is 15.0 Å². The van der Waals surface area contributed by atoms with Crippen molar-refractivity contribution in [1.29, 1.82) is 0 Å². The lowest BCUT2D eigenvalue weighted by molar-refractivity contribution is 0.669. The standard InChI is InChI=1S/C51H33N3O/c1-3-12-34(13-4-1)36-24-26-37(27-25-36)38-28-30-39(31-29-38)49-52-50(54-51(53-49)46-22-11-21-45-44-20-7-8-23-47(44)55-48(45)46)43-19-10-18-42(33-43)41-17-9-16-40(32-41)35-14-5-2-6-15-35/h1-33H. The molecule has 0 aliphatic heterocycles. The van der Waals surface area contributed by atoms with Crippen LogP contribution in [0, 0.1) is 0 Å². The van der Waals surface area contributed by atoms with Gasteiger partial charge in [-0.3, -0.25) is 0 Å². The number of nitrogens with zero attached hydrogens (tertiary/aromatic N) is 3. The van der Waals surface area contributed by atoms with Gasteiger partial charge in [0.05, 0.1) is 5.56 Å². The predicted octanol–water partition coefficient (Wildman–Crippen LogP) is 13.4. The fraction of sp³-hybridized carbons (Fsp3) is 0. The smallest absolute Gasteiger partial charge is 0.167 e. The fourth-order valence-electron chi connectivity index (χ4n) is 7.32. The van der Waals surface area contributed by atoms with Crippen LogP contribution in [-0.4, -0.2) is 15.0 Å². The maximum absolute atomic E-state index is 6.45. The van der Waals surface area contributed by atoms with Gasteiger partial charge in [0, 0.05) is 21.9 Å². The SMILES string of the molecule is c1ccc(-c2ccc(-c3ccc(-c4nc(-c5cccc(-c6cccc(-c7ccccc7)c6)c5)nc(-c5cccc6c5oc5ccccc56)n4)cc3)cc2)cc1. The fourth-order valence-corrected chi connectivity index (χ4v) is 7.32. The van der Waals surface area contributed by atoms with Crippen molar-refractivity contribution in [2.45, 2.75) is 0 Å². The van der Waals surface area contributed by atoms with E-state index >= 15 is 0 Å². The summed E-state index contributed by atoms with van der Waals surface area (Å²) in [5.74, 6) is 1.74. The van der Waals surface area contributed by atoms with E-state index in [1.807, 2.05) is 42.5 Å². The number of hydrogen-bond acceptors (Lipinski definition) is 4. The molecular weight excluding hydrogens is 671 g/mol. The number of aromatic nitrogens is 3. The number of benzene rings is 8. The monoisotopic (exact) mass is 703 g/mol. The van der Waals surface area contributed by atoms with E-state index in [1.165, 1.54) is 22.3 Å². The minimum absolute atomic E-state index is 0.557. The highest BCUT2D eigenvalue weighted by atomic mass is 16.3. The summed E-state index contributed by atoms with van der Waals surface area (Å²) in [6.45, 7) is 0. The Hall–Kier alpha value is -7.43. The van der Waals surface area contributed by atoms with Gasteiger partial charge in [0.1, 0.15) is 11.2 Å². The Morgan fingerprint density at radius 3 is 1.31 bits per heavy atom. The molecule has 0 bridgehead atoms. The molecule has 0 unspecified atom stereocenters. The average Bonchev–Trinajstić information content (AvgIpc) is 3.66.